The highest BCUT2D eigenvalue weighted by Gasteiger charge is 2.34. The summed E-state index contributed by atoms with van der Waals surface area (Å²) in [5, 5.41) is 0.653. The Morgan fingerprint density at radius 3 is 1.86 bits per heavy atom. The lowest BCUT2D eigenvalue weighted by Gasteiger charge is -2.20. The summed E-state index contributed by atoms with van der Waals surface area (Å²) in [6, 6.07) is 29.3. The van der Waals surface area contributed by atoms with Gasteiger partial charge in [-0.15, -0.1) is 11.3 Å². The van der Waals surface area contributed by atoms with Crippen molar-refractivity contribution < 1.29 is 23.9 Å². The number of ketones is 2. The van der Waals surface area contributed by atoms with E-state index < -0.39 is 25.1 Å². The number of carbonyl (C=O) groups excluding carboxylic acids is 3. The van der Waals surface area contributed by atoms with Crippen molar-refractivity contribution in [3.63, 3.8) is 0 Å². The maximum Gasteiger partial charge on any atom is 0.338 e. The van der Waals surface area contributed by atoms with Gasteiger partial charge in [0.15, 0.2) is 29.0 Å². The SMILES string of the molecule is CCn1c(=C(C(=O)c2ccccc2)C(=O)c2ccccc2)s/c(=C2/Sc3cc(C)ccc3N2CCOCCOC(=O)c2ccc(-c3nc(C(Cl)(Cl)Cl)nc(C(Cl)(Cl)Cl)n3)cc2)c1=O. The lowest BCUT2D eigenvalue weighted by atomic mass is 9.96. The zero-order valence-electron chi connectivity index (χ0n) is 33.1. The van der Waals surface area contributed by atoms with Crippen LogP contribution in [0.15, 0.2) is 113 Å². The molecule has 6 aromatic rings. The molecular formula is C44H33Cl6N5O6S2. The number of benzene rings is 4. The monoisotopic (exact) mass is 1000 g/mol. The number of hydrogen-bond donors (Lipinski definition) is 0. The van der Waals surface area contributed by atoms with Crippen LogP contribution in [0.1, 0.15) is 55.2 Å². The Hall–Kier alpha value is -4.28. The number of alkyl halides is 6. The van der Waals surface area contributed by atoms with Gasteiger partial charge in [0.1, 0.15) is 26.4 Å². The number of halogens is 6. The minimum absolute atomic E-state index is 0.0467. The van der Waals surface area contributed by atoms with E-state index in [2.05, 4.69) is 15.0 Å². The molecule has 3 heterocycles. The van der Waals surface area contributed by atoms with Crippen molar-refractivity contribution >= 4 is 127 Å². The molecule has 63 heavy (non-hydrogen) atoms. The average molecular weight is 1000 g/mol. The highest BCUT2D eigenvalue weighted by molar-refractivity contribution is 8.08. The fraction of sp³-hybridized carbons (Fsp3) is 0.205. The molecule has 0 atom stereocenters. The average Bonchev–Trinajstić information content (AvgIpc) is 3.79. The molecular weight excluding hydrogens is 971 g/mol. The number of carbonyl (C=O) groups is 3. The van der Waals surface area contributed by atoms with Crippen LogP contribution in [-0.2, 0) is 23.6 Å². The van der Waals surface area contributed by atoms with E-state index in [1.165, 1.54) is 28.5 Å². The van der Waals surface area contributed by atoms with Gasteiger partial charge in [0.25, 0.3) is 5.56 Å². The van der Waals surface area contributed by atoms with Gasteiger partial charge >= 0.3 is 5.97 Å². The predicted molar refractivity (Wildman–Crippen MR) is 251 cm³/mol. The van der Waals surface area contributed by atoms with Crippen LogP contribution in [0.25, 0.3) is 22.0 Å². The molecule has 0 N–H and O–H groups in total. The van der Waals surface area contributed by atoms with Gasteiger partial charge in [-0.1, -0.05) is 160 Å². The molecule has 4 aromatic carbocycles. The van der Waals surface area contributed by atoms with Crippen LogP contribution in [0, 0.1) is 6.92 Å². The molecule has 324 valence electrons. The number of ether oxygens (including phenoxy) is 2. The van der Waals surface area contributed by atoms with E-state index in [-0.39, 0.29) is 65.2 Å². The topological polar surface area (TPSA) is 134 Å². The fourth-order valence-corrected chi connectivity index (χ4v) is 9.59. The molecule has 1 aliphatic heterocycles. The number of esters is 1. The zero-order valence-corrected chi connectivity index (χ0v) is 39.3. The third kappa shape index (κ3) is 10.6. The van der Waals surface area contributed by atoms with E-state index in [4.69, 9.17) is 79.1 Å². The van der Waals surface area contributed by atoms with Gasteiger partial charge in [-0.2, -0.15) is 0 Å². The predicted octanol–water partition coefficient (Wildman–Crippen LogP) is 9.21. The minimum atomic E-state index is -2.03. The molecule has 7 rings (SSSR count). The number of nitrogens with zero attached hydrogens (tertiary/aromatic N) is 5. The zero-order chi connectivity index (χ0) is 45.1. The Balaban J connectivity index is 1.09. The van der Waals surface area contributed by atoms with Crippen molar-refractivity contribution in [2.24, 2.45) is 0 Å². The van der Waals surface area contributed by atoms with Crippen LogP contribution >= 0.6 is 92.7 Å². The molecule has 1 aliphatic rings. The fourth-order valence-electron chi connectivity index (χ4n) is 6.42. The summed E-state index contributed by atoms with van der Waals surface area (Å²) in [5.74, 6) is -2.01. The Bertz CT molecular complexity index is 2800. The second-order valence-electron chi connectivity index (χ2n) is 13.7. The highest BCUT2D eigenvalue weighted by Crippen LogP contribution is 2.46. The van der Waals surface area contributed by atoms with Gasteiger partial charge in [0, 0.05) is 34.7 Å². The normalized spacial score (nSPS) is 13.5. The Labute approximate surface area is 399 Å². The summed E-state index contributed by atoms with van der Waals surface area (Å²) in [4.78, 5) is 70.9. The second-order valence-corrected chi connectivity index (χ2v) is 20.3. The molecule has 0 radical (unpaired) electrons. The largest absolute Gasteiger partial charge is 0.460 e. The number of rotatable bonds is 13. The number of thioether (sulfide) groups is 1. The van der Waals surface area contributed by atoms with E-state index in [1.807, 2.05) is 36.9 Å². The second kappa shape index (κ2) is 19.9. The Morgan fingerprint density at radius 1 is 0.714 bits per heavy atom. The first-order chi connectivity index (χ1) is 30.0. The Morgan fingerprint density at radius 2 is 1.30 bits per heavy atom. The summed E-state index contributed by atoms with van der Waals surface area (Å²) < 4.78 is 9.51. The molecule has 19 heteroatoms. The van der Waals surface area contributed by atoms with Crippen LogP contribution < -0.4 is 19.7 Å². The van der Waals surface area contributed by atoms with Crippen molar-refractivity contribution in [2.45, 2.75) is 32.9 Å². The van der Waals surface area contributed by atoms with Crippen molar-refractivity contribution in [3.8, 4) is 11.4 Å². The first kappa shape index (κ1) is 46.7. The number of aryl methyl sites for hydroxylation is 1. The van der Waals surface area contributed by atoms with Gasteiger partial charge in [-0.25, -0.2) is 19.7 Å². The number of fused-ring (bicyclic) bond motifs is 1. The summed E-state index contributed by atoms with van der Waals surface area (Å²) in [6.07, 6.45) is 0. The van der Waals surface area contributed by atoms with Gasteiger partial charge in [0.05, 0.1) is 24.5 Å². The molecule has 2 aromatic heterocycles. The van der Waals surface area contributed by atoms with Crippen LogP contribution in [0.2, 0.25) is 0 Å². The van der Waals surface area contributed by atoms with E-state index in [0.29, 0.717) is 32.8 Å². The van der Waals surface area contributed by atoms with Crippen LogP contribution in [0.3, 0.4) is 0 Å². The Kier molecular flexibility index (Phi) is 14.7. The van der Waals surface area contributed by atoms with E-state index in [1.54, 1.807) is 72.8 Å². The lowest BCUT2D eigenvalue weighted by Crippen LogP contribution is -2.36. The number of thiazole rings is 1. The van der Waals surface area contributed by atoms with Crippen molar-refractivity contribution in [1.29, 1.82) is 0 Å². The van der Waals surface area contributed by atoms with Crippen molar-refractivity contribution in [2.75, 3.05) is 31.3 Å². The van der Waals surface area contributed by atoms with Crippen LogP contribution in [0.5, 0.6) is 0 Å². The van der Waals surface area contributed by atoms with Gasteiger partial charge in [-0.05, 0) is 43.7 Å². The minimum Gasteiger partial charge on any atom is -0.460 e. The number of aromatic nitrogens is 4. The molecule has 0 aliphatic carbocycles. The van der Waals surface area contributed by atoms with Crippen molar-refractivity contribution in [1.82, 2.24) is 19.5 Å². The summed E-state index contributed by atoms with van der Waals surface area (Å²) >= 11 is 38.5. The molecule has 0 amide bonds. The van der Waals surface area contributed by atoms with Gasteiger partial charge in [0.2, 0.25) is 7.59 Å². The number of Topliss-reactive ketones (excluding diaryl/α,β-unsaturated/α-hetero) is 2. The van der Waals surface area contributed by atoms with E-state index >= 15 is 0 Å². The molecule has 0 saturated carbocycles. The first-order valence-corrected chi connectivity index (χ1v) is 22.9. The summed E-state index contributed by atoms with van der Waals surface area (Å²) in [7, 11) is 0. The smallest absolute Gasteiger partial charge is 0.338 e. The summed E-state index contributed by atoms with van der Waals surface area (Å²) in [6.45, 7) is 4.61. The highest BCUT2D eigenvalue weighted by atomic mass is 35.6. The maximum absolute atomic E-state index is 14.3. The molecule has 0 bridgehead atoms. The van der Waals surface area contributed by atoms with Gasteiger partial charge < -0.3 is 14.4 Å². The molecule has 0 spiro atoms. The lowest BCUT2D eigenvalue weighted by molar-refractivity contribution is 0.0328. The third-order valence-electron chi connectivity index (χ3n) is 9.43. The maximum atomic E-state index is 14.3. The van der Waals surface area contributed by atoms with Crippen molar-refractivity contribution in [3.05, 3.63) is 157 Å². The number of hydrogen-bond acceptors (Lipinski definition) is 12. The van der Waals surface area contributed by atoms with Crippen LogP contribution in [-0.4, -0.2) is 63.4 Å². The molecule has 0 unspecified atom stereocenters. The molecule has 11 nitrogen and oxygen atoms in total. The third-order valence-corrected chi connectivity index (χ3v) is 12.9. The molecule has 0 fully saturated rings. The molecule has 0 saturated heterocycles. The van der Waals surface area contributed by atoms with Gasteiger partial charge in [-0.3, -0.25) is 19.0 Å². The van der Waals surface area contributed by atoms with E-state index in [9.17, 15) is 19.2 Å². The van der Waals surface area contributed by atoms with E-state index in [0.717, 1.165) is 27.5 Å². The first-order valence-electron chi connectivity index (χ1n) is 19.0. The summed E-state index contributed by atoms with van der Waals surface area (Å²) in [5.41, 5.74) is 2.86. The quantitative estimate of drug-likeness (QED) is 0.0361. The van der Waals surface area contributed by atoms with Crippen LogP contribution in [0.4, 0.5) is 5.69 Å². The standard InChI is InChI=1S/C44H33Cl6N5O6S2/c1-3-54-37(58)35(63-38(54)32(33(56)26-10-6-4-7-11-26)34(57)27-12-8-5-9-13-27)39-55(30-19-14-25(2)24-31(30)62-39)20-21-60-22-23-61-40(59)29-17-15-28(16-18-29)36-51-41(43(45,46)47)53-42(52-36)44(48,49)50/h4-19,24H,3,20-23H2,1-2H3/b39-35+. The number of anilines is 1.